The largest absolute Gasteiger partial charge is 0.350 e. The minimum Gasteiger partial charge on any atom is -0.350 e. The molecule has 0 aliphatic carbocycles. The van der Waals surface area contributed by atoms with Gasteiger partial charge in [0.25, 0.3) is 17.7 Å². The van der Waals surface area contributed by atoms with Crippen molar-refractivity contribution in [2.24, 2.45) is 0 Å². The minimum absolute atomic E-state index is 0.0167. The molecule has 176 valence electrons. The van der Waals surface area contributed by atoms with Crippen LogP contribution in [-0.4, -0.2) is 72.3 Å². The number of anilines is 1. The Balaban J connectivity index is 1.30. The summed E-state index contributed by atoms with van der Waals surface area (Å²) in [5, 5.41) is 6.69. The van der Waals surface area contributed by atoms with Gasteiger partial charge in [-0.3, -0.25) is 14.4 Å². The first kappa shape index (κ1) is 22.2. The molecule has 3 aromatic rings. The summed E-state index contributed by atoms with van der Waals surface area (Å²) in [6, 6.07) is 12.8. The average Bonchev–Trinajstić information content (AvgIpc) is 3.47. The highest BCUT2D eigenvalue weighted by Crippen LogP contribution is 2.32. The molecule has 1 aromatic heterocycles. The molecule has 2 aliphatic rings. The quantitative estimate of drug-likeness (QED) is 0.559. The highest BCUT2D eigenvalue weighted by atomic mass is 16.2. The second-order valence-corrected chi connectivity index (χ2v) is 9.47. The lowest BCUT2D eigenvalue weighted by Crippen LogP contribution is -2.34. The molecule has 1 fully saturated rings. The minimum atomic E-state index is -0.239. The van der Waals surface area contributed by atoms with Gasteiger partial charge in [0, 0.05) is 59.3 Å². The zero-order valence-corrected chi connectivity index (χ0v) is 19.6. The standard InChI is InChI=1S/C26H29N5O3/c1-15-13-27-25(33)23-22(15)20-12-17(6-9-21(20)29-23)24(32)28-18-7-4-16(5-8-18)26(34)31-11-10-19(14-31)30(2)3/h4-9,12,15,19,29H,10-11,13-14H2,1-3H3,(H,27,33)(H,28,32). The normalized spacial score (nSPS) is 19.9. The van der Waals surface area contributed by atoms with Gasteiger partial charge in [0.1, 0.15) is 5.69 Å². The predicted molar refractivity (Wildman–Crippen MR) is 131 cm³/mol. The Hall–Kier alpha value is -3.65. The van der Waals surface area contributed by atoms with E-state index in [9.17, 15) is 14.4 Å². The fraction of sp³-hybridized carbons (Fsp3) is 0.346. The van der Waals surface area contributed by atoms with E-state index in [1.165, 1.54) is 0 Å². The van der Waals surface area contributed by atoms with E-state index >= 15 is 0 Å². The first-order valence-electron chi connectivity index (χ1n) is 11.6. The lowest BCUT2D eigenvalue weighted by molar-refractivity contribution is 0.0782. The Morgan fingerprint density at radius 1 is 1.09 bits per heavy atom. The Morgan fingerprint density at radius 2 is 1.82 bits per heavy atom. The molecule has 2 unspecified atom stereocenters. The third kappa shape index (κ3) is 3.94. The molecule has 2 atom stereocenters. The smallest absolute Gasteiger partial charge is 0.268 e. The second kappa shape index (κ2) is 8.61. The summed E-state index contributed by atoms with van der Waals surface area (Å²) >= 11 is 0. The number of aromatic nitrogens is 1. The van der Waals surface area contributed by atoms with Crippen LogP contribution in [0.3, 0.4) is 0 Å². The van der Waals surface area contributed by atoms with Gasteiger partial charge in [-0.15, -0.1) is 0 Å². The second-order valence-electron chi connectivity index (χ2n) is 9.47. The fourth-order valence-corrected chi connectivity index (χ4v) is 4.91. The van der Waals surface area contributed by atoms with Crippen LogP contribution in [0, 0.1) is 0 Å². The van der Waals surface area contributed by atoms with E-state index in [0.717, 1.165) is 36.0 Å². The molecule has 34 heavy (non-hydrogen) atoms. The van der Waals surface area contributed by atoms with E-state index in [0.29, 0.717) is 35.1 Å². The number of benzene rings is 2. The van der Waals surface area contributed by atoms with Crippen LogP contribution in [0.4, 0.5) is 5.69 Å². The van der Waals surface area contributed by atoms with Gasteiger partial charge < -0.3 is 25.4 Å². The number of nitrogens with one attached hydrogen (secondary N) is 3. The highest BCUT2D eigenvalue weighted by molar-refractivity contribution is 6.08. The summed E-state index contributed by atoms with van der Waals surface area (Å²) < 4.78 is 0. The molecule has 3 N–H and O–H groups in total. The number of rotatable bonds is 4. The van der Waals surface area contributed by atoms with E-state index in [1.807, 2.05) is 31.1 Å². The number of carbonyl (C=O) groups excluding carboxylic acids is 3. The van der Waals surface area contributed by atoms with Crippen molar-refractivity contribution in [2.75, 3.05) is 39.0 Å². The molecule has 1 saturated heterocycles. The van der Waals surface area contributed by atoms with Crippen molar-refractivity contribution >= 4 is 34.3 Å². The van der Waals surface area contributed by atoms with E-state index in [-0.39, 0.29) is 23.6 Å². The first-order chi connectivity index (χ1) is 16.3. The van der Waals surface area contributed by atoms with Gasteiger partial charge in [-0.2, -0.15) is 0 Å². The molecule has 3 amide bonds. The van der Waals surface area contributed by atoms with Gasteiger partial charge in [0.05, 0.1) is 0 Å². The number of likely N-dealkylation sites (N-methyl/N-ethyl adjacent to an activating group) is 1. The molecule has 0 spiro atoms. The molecule has 8 nitrogen and oxygen atoms in total. The molecule has 0 saturated carbocycles. The van der Waals surface area contributed by atoms with Crippen molar-refractivity contribution in [3.63, 3.8) is 0 Å². The van der Waals surface area contributed by atoms with E-state index in [4.69, 9.17) is 0 Å². The molecule has 0 bridgehead atoms. The van der Waals surface area contributed by atoms with Gasteiger partial charge >= 0.3 is 0 Å². The van der Waals surface area contributed by atoms with Crippen LogP contribution in [-0.2, 0) is 0 Å². The van der Waals surface area contributed by atoms with E-state index in [2.05, 4.69) is 27.4 Å². The van der Waals surface area contributed by atoms with Crippen LogP contribution >= 0.6 is 0 Å². The number of fused-ring (bicyclic) bond motifs is 3. The molecular formula is C26H29N5O3. The molecule has 2 aromatic carbocycles. The van der Waals surface area contributed by atoms with Crippen LogP contribution in [0.1, 0.15) is 56.0 Å². The molecule has 0 radical (unpaired) electrons. The number of amides is 3. The van der Waals surface area contributed by atoms with Gasteiger partial charge in [-0.1, -0.05) is 6.92 Å². The Kier molecular flexibility index (Phi) is 5.61. The van der Waals surface area contributed by atoms with Crippen molar-refractivity contribution < 1.29 is 14.4 Å². The monoisotopic (exact) mass is 459 g/mol. The average molecular weight is 460 g/mol. The summed E-state index contributed by atoms with van der Waals surface area (Å²) in [7, 11) is 4.08. The number of hydrogen-bond donors (Lipinski definition) is 3. The van der Waals surface area contributed by atoms with Gasteiger partial charge in [0.2, 0.25) is 0 Å². The molecule has 3 heterocycles. The number of H-pyrrole nitrogens is 1. The molecule has 8 heteroatoms. The maximum atomic E-state index is 12.9. The number of likely N-dealkylation sites (tertiary alicyclic amines) is 1. The number of nitrogens with zero attached hydrogens (tertiary/aromatic N) is 2. The number of aromatic amines is 1. The summed E-state index contributed by atoms with van der Waals surface area (Å²) in [5.74, 6) is -0.176. The highest BCUT2D eigenvalue weighted by Gasteiger charge is 2.29. The van der Waals surface area contributed by atoms with Crippen LogP contribution in [0.5, 0.6) is 0 Å². The predicted octanol–water partition coefficient (Wildman–Crippen LogP) is 3.04. The van der Waals surface area contributed by atoms with Crippen LogP contribution in [0.25, 0.3) is 10.9 Å². The summed E-state index contributed by atoms with van der Waals surface area (Å²) in [5.41, 5.74) is 4.12. The first-order valence-corrected chi connectivity index (χ1v) is 11.6. The van der Waals surface area contributed by atoms with Crippen molar-refractivity contribution in [3.8, 4) is 0 Å². The van der Waals surface area contributed by atoms with Gasteiger partial charge in [-0.05, 0) is 68.5 Å². The zero-order valence-electron chi connectivity index (χ0n) is 19.6. The third-order valence-electron chi connectivity index (χ3n) is 6.96. The third-order valence-corrected chi connectivity index (χ3v) is 6.96. The summed E-state index contributed by atoms with van der Waals surface area (Å²) in [6.07, 6.45) is 0.977. The SMILES string of the molecule is CC1CNC(=O)c2[nH]c3ccc(C(=O)Nc4ccc(C(=O)N5CCC(N(C)C)C5)cc4)cc3c21. The Morgan fingerprint density at radius 3 is 2.53 bits per heavy atom. The lowest BCUT2D eigenvalue weighted by atomic mass is 9.93. The molecule has 2 aliphatic heterocycles. The van der Waals surface area contributed by atoms with Crippen molar-refractivity contribution in [3.05, 3.63) is 64.8 Å². The van der Waals surface area contributed by atoms with Crippen molar-refractivity contribution in [1.29, 1.82) is 0 Å². The summed E-state index contributed by atoms with van der Waals surface area (Å²) in [4.78, 5) is 45.2. The summed E-state index contributed by atoms with van der Waals surface area (Å²) in [6.45, 7) is 4.12. The molecular weight excluding hydrogens is 430 g/mol. The lowest BCUT2D eigenvalue weighted by Gasteiger charge is -2.20. The van der Waals surface area contributed by atoms with Crippen LogP contribution in [0.15, 0.2) is 42.5 Å². The topological polar surface area (TPSA) is 97.5 Å². The maximum Gasteiger partial charge on any atom is 0.268 e. The Labute approximate surface area is 198 Å². The zero-order chi connectivity index (χ0) is 24.0. The van der Waals surface area contributed by atoms with Gasteiger partial charge in [-0.25, -0.2) is 0 Å². The van der Waals surface area contributed by atoms with Crippen LogP contribution in [0.2, 0.25) is 0 Å². The van der Waals surface area contributed by atoms with E-state index < -0.39 is 0 Å². The maximum absolute atomic E-state index is 12.9. The number of hydrogen-bond acceptors (Lipinski definition) is 4. The number of carbonyl (C=O) groups is 3. The van der Waals surface area contributed by atoms with E-state index in [1.54, 1.807) is 30.3 Å². The van der Waals surface area contributed by atoms with Crippen LogP contribution < -0.4 is 10.6 Å². The van der Waals surface area contributed by atoms with Crippen molar-refractivity contribution in [2.45, 2.75) is 25.3 Å². The van der Waals surface area contributed by atoms with Gasteiger partial charge in [0.15, 0.2) is 0 Å². The Bertz CT molecular complexity index is 1280. The fourth-order valence-electron chi connectivity index (χ4n) is 4.91. The van der Waals surface area contributed by atoms with Crippen molar-refractivity contribution in [1.82, 2.24) is 20.1 Å². The molecule has 5 rings (SSSR count).